The van der Waals surface area contributed by atoms with E-state index in [0.29, 0.717) is 29.9 Å². The van der Waals surface area contributed by atoms with Gasteiger partial charge in [-0.3, -0.25) is 9.69 Å². The molecule has 1 fully saturated rings. The van der Waals surface area contributed by atoms with Gasteiger partial charge in [0.2, 0.25) is 0 Å². The highest BCUT2D eigenvalue weighted by Crippen LogP contribution is 2.31. The van der Waals surface area contributed by atoms with Crippen LogP contribution in [0.1, 0.15) is 50.0 Å². The summed E-state index contributed by atoms with van der Waals surface area (Å²) in [5.41, 5.74) is 1.18. The van der Waals surface area contributed by atoms with E-state index < -0.39 is 0 Å². The minimum Gasteiger partial charge on any atom is -0.497 e. The van der Waals surface area contributed by atoms with Crippen LogP contribution in [0.2, 0.25) is 0 Å². The number of aromatic nitrogens is 3. The summed E-state index contributed by atoms with van der Waals surface area (Å²) in [7, 11) is 3.70. The zero-order chi connectivity index (χ0) is 20.8. The van der Waals surface area contributed by atoms with Crippen molar-refractivity contribution in [2.24, 2.45) is 0 Å². The average molecular weight is 419 g/mol. The monoisotopic (exact) mass is 418 g/mol. The fraction of sp³-hybridized carbons (Fsp3) is 0.571. The second-order valence-corrected chi connectivity index (χ2v) is 7.86. The SMILES string of the molecule is CCOC(=O)Cc1nn(CN(C)Cc2ccc(OC)cc2)c(=S)n1C1CCCC1. The van der Waals surface area contributed by atoms with Crippen molar-refractivity contribution in [1.29, 1.82) is 0 Å². The number of methoxy groups -OCH3 is 1. The van der Waals surface area contributed by atoms with Crippen molar-refractivity contribution in [1.82, 2.24) is 19.2 Å². The quantitative estimate of drug-likeness (QED) is 0.457. The molecule has 1 aromatic carbocycles. The number of benzene rings is 1. The van der Waals surface area contributed by atoms with Gasteiger partial charge >= 0.3 is 5.97 Å². The second kappa shape index (κ2) is 10.0. The molecular weight excluding hydrogens is 388 g/mol. The Bertz CT molecular complexity index is 869. The zero-order valence-electron chi connectivity index (χ0n) is 17.5. The molecule has 1 aliphatic carbocycles. The van der Waals surface area contributed by atoms with E-state index in [1.165, 1.54) is 18.4 Å². The average Bonchev–Trinajstić information content (AvgIpc) is 3.31. The molecule has 1 aliphatic rings. The Morgan fingerprint density at radius 2 is 1.97 bits per heavy atom. The van der Waals surface area contributed by atoms with Crippen molar-refractivity contribution < 1.29 is 14.3 Å². The van der Waals surface area contributed by atoms with Crippen molar-refractivity contribution in [2.75, 3.05) is 20.8 Å². The molecule has 0 saturated heterocycles. The highest BCUT2D eigenvalue weighted by Gasteiger charge is 2.24. The van der Waals surface area contributed by atoms with E-state index in [4.69, 9.17) is 26.8 Å². The molecule has 158 valence electrons. The maximum Gasteiger partial charge on any atom is 0.313 e. The van der Waals surface area contributed by atoms with Gasteiger partial charge in [-0.05, 0) is 56.7 Å². The minimum absolute atomic E-state index is 0.156. The highest BCUT2D eigenvalue weighted by molar-refractivity contribution is 7.71. The number of hydrogen-bond acceptors (Lipinski definition) is 6. The summed E-state index contributed by atoms with van der Waals surface area (Å²) in [4.78, 5) is 14.2. The predicted molar refractivity (Wildman–Crippen MR) is 113 cm³/mol. The van der Waals surface area contributed by atoms with Crippen molar-refractivity contribution in [3.05, 3.63) is 40.4 Å². The van der Waals surface area contributed by atoms with E-state index in [1.807, 2.05) is 30.8 Å². The molecule has 8 heteroatoms. The molecule has 29 heavy (non-hydrogen) atoms. The Labute approximate surface area is 177 Å². The first-order valence-electron chi connectivity index (χ1n) is 10.2. The van der Waals surface area contributed by atoms with Crippen LogP contribution >= 0.6 is 12.2 Å². The molecule has 0 unspecified atom stereocenters. The van der Waals surface area contributed by atoms with Crippen LogP contribution in [0.3, 0.4) is 0 Å². The van der Waals surface area contributed by atoms with Gasteiger partial charge < -0.3 is 14.0 Å². The smallest absolute Gasteiger partial charge is 0.313 e. The molecule has 1 heterocycles. The maximum atomic E-state index is 12.1. The molecule has 1 aromatic heterocycles. The molecule has 0 spiro atoms. The molecule has 0 bridgehead atoms. The van der Waals surface area contributed by atoms with E-state index in [1.54, 1.807) is 7.11 Å². The summed E-state index contributed by atoms with van der Waals surface area (Å²) >= 11 is 5.75. The van der Waals surface area contributed by atoms with Gasteiger partial charge in [-0.2, -0.15) is 5.10 Å². The standard InChI is InChI=1S/C21H30N4O3S/c1-4-28-20(26)13-19-22-24(21(29)25(19)17-7-5-6-8-17)15-23(2)14-16-9-11-18(27-3)12-10-16/h9-12,17H,4-8,13-15H2,1-3H3. The van der Waals surface area contributed by atoms with Gasteiger partial charge in [0.25, 0.3) is 0 Å². The molecule has 7 nitrogen and oxygen atoms in total. The Hall–Kier alpha value is -2.19. The van der Waals surface area contributed by atoms with Gasteiger partial charge in [0.1, 0.15) is 18.0 Å². The first-order valence-corrected chi connectivity index (χ1v) is 10.6. The fourth-order valence-corrected chi connectivity index (χ4v) is 4.22. The number of esters is 1. The van der Waals surface area contributed by atoms with Crippen molar-refractivity contribution >= 4 is 18.2 Å². The van der Waals surface area contributed by atoms with E-state index in [9.17, 15) is 4.79 Å². The summed E-state index contributed by atoms with van der Waals surface area (Å²) in [5.74, 6) is 1.29. The lowest BCUT2D eigenvalue weighted by atomic mass is 10.2. The number of rotatable bonds is 9. The predicted octanol–water partition coefficient (Wildman–Crippen LogP) is 3.73. The van der Waals surface area contributed by atoms with Gasteiger partial charge in [-0.1, -0.05) is 25.0 Å². The van der Waals surface area contributed by atoms with E-state index in [0.717, 1.165) is 25.1 Å². The van der Waals surface area contributed by atoms with Gasteiger partial charge in [0, 0.05) is 12.6 Å². The highest BCUT2D eigenvalue weighted by atomic mass is 32.1. The van der Waals surface area contributed by atoms with Crippen molar-refractivity contribution in [3.63, 3.8) is 0 Å². The van der Waals surface area contributed by atoms with Crippen LogP contribution in [-0.2, 0) is 29.2 Å². The molecule has 2 aromatic rings. The van der Waals surface area contributed by atoms with Gasteiger partial charge in [0.15, 0.2) is 4.77 Å². The third-order valence-corrected chi connectivity index (χ3v) is 5.63. The van der Waals surface area contributed by atoms with Crippen molar-refractivity contribution in [2.45, 2.75) is 58.3 Å². The largest absolute Gasteiger partial charge is 0.497 e. The van der Waals surface area contributed by atoms with Gasteiger partial charge in [0.05, 0.1) is 20.4 Å². The van der Waals surface area contributed by atoms with Crippen molar-refractivity contribution in [3.8, 4) is 5.75 Å². The summed E-state index contributed by atoms with van der Waals surface area (Å²) in [5, 5.41) is 4.70. The third kappa shape index (κ3) is 5.45. The van der Waals surface area contributed by atoms with E-state index in [2.05, 4.69) is 21.6 Å². The molecule has 0 aliphatic heterocycles. The summed E-state index contributed by atoms with van der Waals surface area (Å²) in [6.45, 7) is 3.50. The molecular formula is C21H30N4O3S. The lowest BCUT2D eigenvalue weighted by Crippen LogP contribution is -2.22. The van der Waals surface area contributed by atoms with Crippen LogP contribution in [0.4, 0.5) is 0 Å². The second-order valence-electron chi connectivity index (χ2n) is 7.49. The Morgan fingerprint density at radius 3 is 2.59 bits per heavy atom. The Balaban J connectivity index is 1.76. The third-order valence-electron chi connectivity index (χ3n) is 5.23. The molecule has 0 amide bonds. The number of nitrogens with zero attached hydrogens (tertiary/aromatic N) is 4. The Morgan fingerprint density at radius 1 is 1.28 bits per heavy atom. The van der Waals surface area contributed by atoms with Crippen LogP contribution in [0.5, 0.6) is 5.75 Å². The molecule has 1 saturated carbocycles. The number of hydrogen-bond donors (Lipinski definition) is 0. The zero-order valence-corrected chi connectivity index (χ0v) is 18.3. The molecule has 3 rings (SSSR count). The van der Waals surface area contributed by atoms with Gasteiger partial charge in [-0.15, -0.1) is 0 Å². The first kappa shape index (κ1) is 21.5. The summed E-state index contributed by atoms with van der Waals surface area (Å²) < 4.78 is 14.9. The molecule has 0 N–H and O–H groups in total. The minimum atomic E-state index is -0.259. The number of carbonyl (C=O) groups is 1. The topological polar surface area (TPSA) is 61.5 Å². The lowest BCUT2D eigenvalue weighted by molar-refractivity contribution is -0.142. The van der Waals surface area contributed by atoms with Gasteiger partial charge in [-0.25, -0.2) is 4.68 Å². The maximum absolute atomic E-state index is 12.1. The van der Waals surface area contributed by atoms with E-state index >= 15 is 0 Å². The lowest BCUT2D eigenvalue weighted by Gasteiger charge is -2.17. The van der Waals surface area contributed by atoms with Crippen LogP contribution in [-0.4, -0.2) is 46.0 Å². The fourth-order valence-electron chi connectivity index (χ4n) is 3.87. The van der Waals surface area contributed by atoms with Crippen LogP contribution in [0.25, 0.3) is 0 Å². The summed E-state index contributed by atoms with van der Waals surface area (Å²) in [6, 6.07) is 8.35. The van der Waals surface area contributed by atoms with Crippen LogP contribution in [0, 0.1) is 4.77 Å². The number of ether oxygens (including phenoxy) is 2. The first-order chi connectivity index (χ1) is 14.0. The van der Waals surface area contributed by atoms with Crippen LogP contribution < -0.4 is 4.74 Å². The van der Waals surface area contributed by atoms with E-state index in [-0.39, 0.29) is 12.4 Å². The molecule has 0 radical (unpaired) electrons. The van der Waals surface area contributed by atoms with Crippen LogP contribution in [0.15, 0.2) is 24.3 Å². The number of carbonyl (C=O) groups excluding carboxylic acids is 1. The normalized spacial score (nSPS) is 14.5. The molecule has 0 atom stereocenters. The Kier molecular flexibility index (Phi) is 7.44. The summed E-state index contributed by atoms with van der Waals surface area (Å²) in [6.07, 6.45) is 4.69.